The number of aromatic nitrogens is 2. The Morgan fingerprint density at radius 1 is 0.972 bits per heavy atom. The van der Waals surface area contributed by atoms with Crippen molar-refractivity contribution in [3.05, 3.63) is 107 Å². The predicted octanol–water partition coefficient (Wildman–Crippen LogP) is 5.92. The normalized spacial score (nSPS) is 11.9. The average molecular weight is 483 g/mol. The highest BCUT2D eigenvalue weighted by Gasteiger charge is 2.27. The van der Waals surface area contributed by atoms with Crippen LogP contribution < -0.4 is 0 Å². The summed E-state index contributed by atoms with van der Waals surface area (Å²) in [5.41, 5.74) is 3.85. The molecule has 1 heterocycles. The molecule has 6 nitrogen and oxygen atoms in total. The van der Waals surface area contributed by atoms with Crippen molar-refractivity contribution in [3.63, 3.8) is 0 Å². The summed E-state index contributed by atoms with van der Waals surface area (Å²) in [6.07, 6.45) is 4.92. The van der Waals surface area contributed by atoms with Crippen molar-refractivity contribution >= 4 is 28.7 Å². The lowest BCUT2D eigenvalue weighted by Crippen LogP contribution is -2.34. The van der Waals surface area contributed by atoms with Gasteiger partial charge in [0.05, 0.1) is 18.7 Å². The molecule has 4 rings (SSSR count). The average Bonchev–Trinajstić information content (AvgIpc) is 3.26. The van der Waals surface area contributed by atoms with Gasteiger partial charge in [0, 0.05) is 10.9 Å². The Morgan fingerprint density at radius 3 is 2.31 bits per heavy atom. The van der Waals surface area contributed by atoms with Gasteiger partial charge < -0.3 is 9.84 Å². The Balaban J connectivity index is 1.47. The fraction of sp³-hybridized carbons (Fsp3) is 0.233. The van der Waals surface area contributed by atoms with E-state index in [1.165, 1.54) is 19.4 Å². The summed E-state index contributed by atoms with van der Waals surface area (Å²) in [5.74, 6) is -1.08. The van der Waals surface area contributed by atoms with Gasteiger partial charge in [0.25, 0.3) is 0 Å². The highest BCUT2D eigenvalue weighted by atomic mass is 16.5. The van der Waals surface area contributed by atoms with Crippen LogP contribution in [0.25, 0.3) is 17.0 Å². The maximum Gasteiger partial charge on any atom is 0.335 e. The van der Waals surface area contributed by atoms with E-state index in [1.54, 1.807) is 0 Å². The van der Waals surface area contributed by atoms with E-state index in [0.717, 1.165) is 28.5 Å². The lowest BCUT2D eigenvalue weighted by atomic mass is 10.0. The van der Waals surface area contributed by atoms with Crippen LogP contribution in [-0.4, -0.2) is 32.2 Å². The fourth-order valence-corrected chi connectivity index (χ4v) is 3.80. The number of ketones is 1. The number of aliphatic carboxylic acids is 1. The second kappa shape index (κ2) is 10.7. The summed E-state index contributed by atoms with van der Waals surface area (Å²) >= 11 is 0. The second-order valence-corrected chi connectivity index (χ2v) is 9.18. The Hall–Kier alpha value is -4.03. The maximum atomic E-state index is 13.2. The number of para-hydroxylation sites is 1. The van der Waals surface area contributed by atoms with Gasteiger partial charge in [0.15, 0.2) is 5.60 Å². The van der Waals surface area contributed by atoms with Gasteiger partial charge in [-0.3, -0.25) is 9.48 Å². The number of carbonyl (C=O) groups excluding carboxylic acids is 1. The van der Waals surface area contributed by atoms with Gasteiger partial charge in [0.1, 0.15) is 5.69 Å². The van der Waals surface area contributed by atoms with Crippen molar-refractivity contribution in [2.45, 2.75) is 45.9 Å². The third kappa shape index (κ3) is 5.61. The number of ether oxygens (including phenoxy) is 1. The molecule has 1 N–H and O–H groups in total. The lowest BCUT2D eigenvalue weighted by Gasteiger charge is -2.20. The molecule has 0 aliphatic rings. The number of carboxylic acids is 1. The summed E-state index contributed by atoms with van der Waals surface area (Å²) < 4.78 is 7.35. The van der Waals surface area contributed by atoms with Gasteiger partial charge in [-0.05, 0) is 43.0 Å². The monoisotopic (exact) mass is 482 g/mol. The molecule has 4 aromatic rings. The molecule has 0 unspecified atom stereocenters. The smallest absolute Gasteiger partial charge is 0.335 e. The van der Waals surface area contributed by atoms with Gasteiger partial charge in [-0.15, -0.1) is 0 Å². The number of nitrogens with zero attached hydrogens (tertiary/aromatic N) is 2. The SMILES string of the molecule is CCc1ccc(C(=O)c2nn(C/C=C/c3ccc(COC(C)(C)C(=O)O)cc3)c3ccccc23)cc1. The minimum absolute atomic E-state index is 0.0829. The summed E-state index contributed by atoms with van der Waals surface area (Å²) in [6, 6.07) is 23.2. The third-order valence-electron chi connectivity index (χ3n) is 6.18. The molecular formula is C30H30N2O4. The Morgan fingerprint density at radius 2 is 1.64 bits per heavy atom. The van der Waals surface area contributed by atoms with Crippen LogP contribution in [-0.2, 0) is 29.1 Å². The molecular weight excluding hydrogens is 452 g/mol. The van der Waals surface area contributed by atoms with Crippen molar-refractivity contribution in [1.82, 2.24) is 9.78 Å². The first-order chi connectivity index (χ1) is 17.3. The molecule has 0 bridgehead atoms. The van der Waals surface area contributed by atoms with Crippen LogP contribution in [0.4, 0.5) is 0 Å². The largest absolute Gasteiger partial charge is 0.479 e. The molecule has 0 aliphatic carbocycles. The number of fused-ring (bicyclic) bond motifs is 1. The number of allylic oxidation sites excluding steroid dienone is 1. The van der Waals surface area contributed by atoms with Crippen LogP contribution in [0, 0.1) is 0 Å². The van der Waals surface area contributed by atoms with E-state index >= 15 is 0 Å². The topological polar surface area (TPSA) is 81.4 Å². The van der Waals surface area contributed by atoms with Gasteiger partial charge >= 0.3 is 5.97 Å². The van der Waals surface area contributed by atoms with Crippen LogP contribution in [0.2, 0.25) is 0 Å². The Kier molecular flexibility index (Phi) is 7.46. The summed E-state index contributed by atoms with van der Waals surface area (Å²) in [6.45, 7) is 5.89. The molecule has 3 aromatic carbocycles. The van der Waals surface area contributed by atoms with Gasteiger partial charge in [-0.2, -0.15) is 5.10 Å². The highest BCUT2D eigenvalue weighted by molar-refractivity contribution is 6.14. The summed E-state index contributed by atoms with van der Waals surface area (Å²) in [4.78, 5) is 24.4. The first kappa shape index (κ1) is 25.1. The number of rotatable bonds is 10. The second-order valence-electron chi connectivity index (χ2n) is 9.18. The molecule has 184 valence electrons. The van der Waals surface area contributed by atoms with Crippen molar-refractivity contribution in [2.75, 3.05) is 0 Å². The van der Waals surface area contributed by atoms with E-state index in [1.807, 2.05) is 89.6 Å². The molecule has 0 aliphatic heterocycles. The van der Waals surface area contributed by atoms with E-state index in [4.69, 9.17) is 9.84 Å². The fourth-order valence-electron chi connectivity index (χ4n) is 3.80. The number of hydrogen-bond acceptors (Lipinski definition) is 4. The molecule has 0 atom stereocenters. The van der Waals surface area contributed by atoms with Crippen molar-refractivity contribution in [3.8, 4) is 0 Å². The van der Waals surface area contributed by atoms with Gasteiger partial charge in [-0.1, -0.05) is 85.8 Å². The van der Waals surface area contributed by atoms with Gasteiger partial charge in [0.2, 0.25) is 5.78 Å². The van der Waals surface area contributed by atoms with Crippen LogP contribution >= 0.6 is 0 Å². The van der Waals surface area contributed by atoms with E-state index in [-0.39, 0.29) is 12.4 Å². The first-order valence-corrected chi connectivity index (χ1v) is 12.0. The zero-order valence-corrected chi connectivity index (χ0v) is 20.8. The lowest BCUT2D eigenvalue weighted by molar-refractivity contribution is -0.162. The number of hydrogen-bond donors (Lipinski definition) is 1. The number of carboxylic acid groups (broad SMARTS) is 1. The summed E-state index contributed by atoms with van der Waals surface area (Å²) in [5, 5.41) is 14.7. The quantitative estimate of drug-likeness (QED) is 0.284. The van der Waals surface area contributed by atoms with Crippen molar-refractivity contribution in [2.24, 2.45) is 0 Å². The Labute approximate surface area is 210 Å². The number of carbonyl (C=O) groups is 2. The number of benzene rings is 3. The highest BCUT2D eigenvalue weighted by Crippen LogP contribution is 2.22. The standard InChI is InChI=1S/C30H30N2O4/c1-4-21-15-17-24(18-16-21)28(33)27-25-9-5-6-10-26(25)32(31-27)19-7-8-22-11-13-23(14-12-22)20-36-30(2,3)29(34)35/h5-18H,4,19-20H2,1-3H3,(H,34,35)/b8-7+. The number of aryl methyl sites for hydroxylation is 1. The summed E-state index contributed by atoms with van der Waals surface area (Å²) in [7, 11) is 0. The minimum Gasteiger partial charge on any atom is -0.479 e. The molecule has 0 spiro atoms. The zero-order chi connectivity index (χ0) is 25.7. The minimum atomic E-state index is -1.23. The third-order valence-corrected chi connectivity index (χ3v) is 6.18. The van der Waals surface area contributed by atoms with Crippen LogP contribution in [0.5, 0.6) is 0 Å². The van der Waals surface area contributed by atoms with E-state index in [9.17, 15) is 9.59 Å². The van der Waals surface area contributed by atoms with Crippen molar-refractivity contribution < 1.29 is 19.4 Å². The zero-order valence-electron chi connectivity index (χ0n) is 20.8. The molecule has 1 aromatic heterocycles. The maximum absolute atomic E-state index is 13.2. The molecule has 0 amide bonds. The molecule has 36 heavy (non-hydrogen) atoms. The van der Waals surface area contributed by atoms with E-state index < -0.39 is 11.6 Å². The van der Waals surface area contributed by atoms with Crippen LogP contribution in [0.15, 0.2) is 78.9 Å². The molecule has 0 fully saturated rings. The van der Waals surface area contributed by atoms with E-state index in [2.05, 4.69) is 12.0 Å². The van der Waals surface area contributed by atoms with Crippen LogP contribution in [0.1, 0.15) is 53.5 Å². The van der Waals surface area contributed by atoms with Crippen molar-refractivity contribution in [1.29, 1.82) is 0 Å². The van der Waals surface area contributed by atoms with Gasteiger partial charge in [-0.25, -0.2) is 4.79 Å². The van der Waals surface area contributed by atoms with E-state index in [0.29, 0.717) is 17.8 Å². The first-order valence-electron chi connectivity index (χ1n) is 12.0. The molecule has 0 saturated heterocycles. The molecule has 0 saturated carbocycles. The molecule has 6 heteroatoms. The molecule has 0 radical (unpaired) electrons. The van der Waals surface area contributed by atoms with Crippen LogP contribution in [0.3, 0.4) is 0 Å². The predicted molar refractivity (Wildman–Crippen MR) is 141 cm³/mol. The Bertz CT molecular complexity index is 1400.